The lowest BCUT2D eigenvalue weighted by atomic mass is 10.1. The molecule has 0 aromatic heterocycles. The summed E-state index contributed by atoms with van der Waals surface area (Å²) in [5.74, 6) is -3.35. The van der Waals surface area contributed by atoms with Crippen LogP contribution >= 0.6 is 0 Å². The Bertz CT molecular complexity index is 662. The summed E-state index contributed by atoms with van der Waals surface area (Å²) >= 11 is 0. The van der Waals surface area contributed by atoms with Gasteiger partial charge < -0.3 is 19.7 Å². The first-order valence-corrected chi connectivity index (χ1v) is 8.06. The van der Waals surface area contributed by atoms with Crippen LogP contribution in [0, 0.1) is 0 Å². The van der Waals surface area contributed by atoms with E-state index in [4.69, 9.17) is 14.6 Å². The lowest BCUT2D eigenvalue weighted by Crippen LogP contribution is -2.56. The number of carbonyl (C=O) groups is 4. The van der Waals surface area contributed by atoms with Gasteiger partial charge >= 0.3 is 24.1 Å². The molecule has 1 saturated carbocycles. The highest BCUT2D eigenvalue weighted by Gasteiger charge is 2.80. The molecule has 0 saturated heterocycles. The van der Waals surface area contributed by atoms with Crippen LogP contribution in [0.2, 0.25) is 0 Å². The van der Waals surface area contributed by atoms with E-state index >= 15 is 4.39 Å². The lowest BCUT2D eigenvalue weighted by Gasteiger charge is -2.32. The monoisotopic (exact) mass is 389 g/mol. The number of hydrogen-bond acceptors (Lipinski definition) is 6. The third-order valence-corrected chi connectivity index (χ3v) is 3.45. The second-order valence-electron chi connectivity index (χ2n) is 8.17. The number of carboxylic acid groups (broad SMARTS) is 2. The van der Waals surface area contributed by atoms with Crippen molar-refractivity contribution in [3.8, 4) is 0 Å². The fourth-order valence-electron chi connectivity index (χ4n) is 2.34. The van der Waals surface area contributed by atoms with E-state index in [2.05, 4.69) is 0 Å². The molecular weight excluding hydrogens is 365 g/mol. The molecule has 152 valence electrons. The lowest BCUT2D eigenvalue weighted by molar-refractivity contribution is -0.146. The van der Waals surface area contributed by atoms with Gasteiger partial charge in [0, 0.05) is 12.5 Å². The van der Waals surface area contributed by atoms with Gasteiger partial charge in [-0.15, -0.1) is 0 Å². The molecule has 2 atom stereocenters. The zero-order valence-corrected chi connectivity index (χ0v) is 16.0. The number of aliphatic carboxylic acids is 2. The minimum atomic E-state index is -2.79. The summed E-state index contributed by atoms with van der Waals surface area (Å²) in [6.45, 7) is 8.87. The second kappa shape index (κ2) is 6.82. The molecule has 27 heavy (non-hydrogen) atoms. The summed E-state index contributed by atoms with van der Waals surface area (Å²) in [5.41, 5.74) is -7.68. The smallest absolute Gasteiger partial charge is 0.421 e. The van der Waals surface area contributed by atoms with E-state index in [1.807, 2.05) is 0 Å². The van der Waals surface area contributed by atoms with Crippen LogP contribution in [0.25, 0.3) is 0 Å². The molecule has 1 rings (SSSR count). The number of imide groups is 1. The predicted molar refractivity (Wildman–Crippen MR) is 89.9 cm³/mol. The minimum Gasteiger partial charge on any atom is -0.479 e. The fourth-order valence-corrected chi connectivity index (χ4v) is 2.34. The van der Waals surface area contributed by atoms with Crippen molar-refractivity contribution in [1.82, 2.24) is 4.90 Å². The SMILES string of the molecule is CC(C)(C)OC(=O)N(C(=O)OC(C)(C)C)[C@]1(C(=O)O)C[C@@]1(F)/C=C/C(=O)O. The van der Waals surface area contributed by atoms with Crippen molar-refractivity contribution >= 4 is 24.1 Å². The Morgan fingerprint density at radius 3 is 1.67 bits per heavy atom. The van der Waals surface area contributed by atoms with E-state index in [0.717, 1.165) is 0 Å². The maximum absolute atomic E-state index is 15.1. The van der Waals surface area contributed by atoms with Crippen molar-refractivity contribution in [1.29, 1.82) is 0 Å². The van der Waals surface area contributed by atoms with Crippen LogP contribution in [0.5, 0.6) is 0 Å². The van der Waals surface area contributed by atoms with Gasteiger partial charge in [-0.2, -0.15) is 4.90 Å². The van der Waals surface area contributed by atoms with E-state index in [0.29, 0.717) is 12.2 Å². The molecule has 0 unspecified atom stereocenters. The summed E-state index contributed by atoms with van der Waals surface area (Å²) in [4.78, 5) is 47.7. The van der Waals surface area contributed by atoms with Crippen LogP contribution in [0.3, 0.4) is 0 Å². The zero-order valence-electron chi connectivity index (χ0n) is 16.0. The van der Waals surface area contributed by atoms with Gasteiger partial charge in [0.05, 0.1) is 0 Å². The number of amides is 2. The first-order chi connectivity index (χ1) is 12.0. The maximum Gasteiger partial charge on any atom is 0.421 e. The van der Waals surface area contributed by atoms with Gasteiger partial charge in [0.25, 0.3) is 0 Å². The van der Waals surface area contributed by atoms with Crippen molar-refractivity contribution in [2.45, 2.75) is 70.4 Å². The molecule has 9 nitrogen and oxygen atoms in total. The summed E-state index contributed by atoms with van der Waals surface area (Å²) in [7, 11) is 0. The van der Waals surface area contributed by atoms with Crippen LogP contribution in [-0.4, -0.2) is 61.6 Å². The Morgan fingerprint density at radius 2 is 1.37 bits per heavy atom. The number of carboxylic acids is 2. The average Bonchev–Trinajstić information content (AvgIpc) is 3.00. The number of rotatable bonds is 4. The Hall–Kier alpha value is -2.65. The zero-order chi connectivity index (χ0) is 21.4. The van der Waals surface area contributed by atoms with Crippen molar-refractivity contribution in [2.75, 3.05) is 0 Å². The number of ether oxygens (including phenoxy) is 2. The first-order valence-electron chi connectivity index (χ1n) is 8.06. The van der Waals surface area contributed by atoms with Crippen molar-refractivity contribution in [3.63, 3.8) is 0 Å². The van der Waals surface area contributed by atoms with E-state index < -0.39 is 53.0 Å². The highest BCUT2D eigenvalue weighted by molar-refractivity contribution is 6.00. The fraction of sp³-hybridized carbons (Fsp3) is 0.647. The molecule has 0 bridgehead atoms. The highest BCUT2D eigenvalue weighted by Crippen LogP contribution is 2.57. The van der Waals surface area contributed by atoms with Gasteiger partial charge in [0.1, 0.15) is 11.2 Å². The molecule has 2 amide bonds. The third kappa shape index (κ3) is 4.95. The predicted octanol–water partition coefficient (Wildman–Crippen LogP) is 2.73. The number of nitrogens with zero attached hydrogens (tertiary/aromatic N) is 1. The largest absolute Gasteiger partial charge is 0.479 e. The maximum atomic E-state index is 15.1. The van der Waals surface area contributed by atoms with Gasteiger partial charge in [-0.1, -0.05) is 0 Å². The number of hydrogen-bond donors (Lipinski definition) is 2. The molecule has 0 aliphatic heterocycles. The molecule has 2 N–H and O–H groups in total. The van der Waals surface area contributed by atoms with E-state index in [-0.39, 0.29) is 4.90 Å². The minimum absolute atomic E-state index is 0.0675. The van der Waals surface area contributed by atoms with Gasteiger partial charge in [-0.05, 0) is 47.6 Å². The van der Waals surface area contributed by atoms with Gasteiger partial charge in [-0.25, -0.2) is 23.6 Å². The Balaban J connectivity index is 3.42. The molecule has 1 aliphatic carbocycles. The molecule has 0 heterocycles. The average molecular weight is 389 g/mol. The van der Waals surface area contributed by atoms with Gasteiger partial charge in [0.15, 0.2) is 11.2 Å². The van der Waals surface area contributed by atoms with E-state index in [1.54, 1.807) is 0 Å². The van der Waals surface area contributed by atoms with Gasteiger partial charge in [-0.3, -0.25) is 0 Å². The molecular formula is C17H24FNO8. The van der Waals surface area contributed by atoms with Crippen molar-refractivity contribution in [2.24, 2.45) is 0 Å². The molecule has 0 radical (unpaired) electrons. The summed E-state index contributed by atoms with van der Waals surface area (Å²) in [6, 6.07) is 0. The molecule has 1 fully saturated rings. The Kier molecular flexibility index (Phi) is 5.66. The molecule has 0 aromatic carbocycles. The van der Waals surface area contributed by atoms with Crippen molar-refractivity contribution < 1.29 is 43.3 Å². The van der Waals surface area contributed by atoms with Gasteiger partial charge in [0.2, 0.25) is 0 Å². The van der Waals surface area contributed by atoms with Crippen LogP contribution in [0.15, 0.2) is 12.2 Å². The quantitative estimate of drug-likeness (QED) is 0.702. The Morgan fingerprint density at radius 1 is 0.963 bits per heavy atom. The van der Waals surface area contributed by atoms with E-state index in [9.17, 15) is 24.3 Å². The van der Waals surface area contributed by atoms with Crippen molar-refractivity contribution in [3.05, 3.63) is 12.2 Å². The second-order valence-corrected chi connectivity index (χ2v) is 8.17. The van der Waals surface area contributed by atoms with Crippen LogP contribution < -0.4 is 0 Å². The summed E-state index contributed by atoms with van der Waals surface area (Å²) < 4.78 is 25.2. The summed E-state index contributed by atoms with van der Waals surface area (Å²) in [6.07, 6.45) is -2.76. The van der Waals surface area contributed by atoms with Crippen LogP contribution in [-0.2, 0) is 19.1 Å². The molecule has 0 aromatic rings. The normalized spacial score (nSPS) is 25.0. The third-order valence-electron chi connectivity index (χ3n) is 3.45. The van der Waals surface area contributed by atoms with Crippen LogP contribution in [0.1, 0.15) is 48.0 Å². The standard InChI is InChI=1S/C17H24FNO8/c1-14(2,3)26-12(24)19(13(25)27-15(4,5)6)17(11(22)23)9-16(17,18)8-7-10(20)21/h7-8H,9H2,1-6H3,(H,20,21)(H,22,23)/b8-7+/t16-,17-/m0/s1. The number of alkyl halides is 1. The number of halogens is 1. The topological polar surface area (TPSA) is 130 Å². The number of carbonyl (C=O) groups excluding carboxylic acids is 2. The molecule has 1 aliphatic rings. The summed E-state index contributed by atoms with van der Waals surface area (Å²) in [5, 5.41) is 18.3. The first kappa shape index (κ1) is 22.4. The highest BCUT2D eigenvalue weighted by atomic mass is 19.1. The van der Waals surface area contributed by atoms with E-state index in [1.165, 1.54) is 41.5 Å². The Labute approximate surface area is 155 Å². The van der Waals surface area contributed by atoms with Crippen LogP contribution in [0.4, 0.5) is 14.0 Å². The molecule has 10 heteroatoms. The molecule has 0 spiro atoms.